The molecular formula is C10H8BrF3O2S. The molecule has 0 bridgehead atoms. The summed E-state index contributed by atoms with van der Waals surface area (Å²) in [5.74, 6) is 0.189. The van der Waals surface area contributed by atoms with Crippen molar-refractivity contribution in [3.8, 4) is 5.75 Å². The summed E-state index contributed by atoms with van der Waals surface area (Å²) in [5, 5.41) is 0. The first-order chi connectivity index (χ1) is 7.92. The van der Waals surface area contributed by atoms with Gasteiger partial charge in [-0.15, -0.1) is 0 Å². The van der Waals surface area contributed by atoms with Gasteiger partial charge in [0.1, 0.15) is 5.75 Å². The first-order valence-corrected chi connectivity index (χ1v) is 6.28. The lowest BCUT2D eigenvalue weighted by Gasteiger charge is -2.08. The van der Waals surface area contributed by atoms with Crippen LogP contribution in [0.2, 0.25) is 0 Å². The van der Waals surface area contributed by atoms with Gasteiger partial charge in [-0.1, -0.05) is 15.9 Å². The molecule has 0 aliphatic heterocycles. The summed E-state index contributed by atoms with van der Waals surface area (Å²) in [6, 6.07) is 4.65. The normalized spacial score (nSPS) is 11.3. The van der Waals surface area contributed by atoms with Crippen LogP contribution in [0.5, 0.6) is 5.75 Å². The number of rotatable bonds is 5. The summed E-state index contributed by atoms with van der Waals surface area (Å²) in [6.07, 6.45) is 0.640. The van der Waals surface area contributed by atoms with E-state index in [1.54, 1.807) is 12.1 Å². The number of halogens is 4. The van der Waals surface area contributed by atoms with Crippen LogP contribution in [0.4, 0.5) is 13.2 Å². The third-order valence-corrected chi connectivity index (χ3v) is 3.13. The van der Waals surface area contributed by atoms with Gasteiger partial charge in [-0.3, -0.25) is 4.79 Å². The maximum Gasteiger partial charge on any atom is 0.441 e. The van der Waals surface area contributed by atoms with Gasteiger partial charge < -0.3 is 4.74 Å². The number of thioether (sulfide) groups is 1. The smallest absolute Gasteiger partial charge is 0.441 e. The van der Waals surface area contributed by atoms with E-state index in [1.807, 2.05) is 0 Å². The van der Waals surface area contributed by atoms with E-state index in [0.29, 0.717) is 22.1 Å². The fraction of sp³-hybridized carbons (Fsp3) is 0.300. The van der Waals surface area contributed by atoms with Crippen LogP contribution < -0.4 is 4.74 Å². The van der Waals surface area contributed by atoms with Crippen molar-refractivity contribution in [2.24, 2.45) is 0 Å². The Hall–Kier alpha value is -0.690. The number of ether oxygens (including phenoxy) is 1. The first-order valence-electron chi connectivity index (χ1n) is 4.50. The van der Waals surface area contributed by atoms with E-state index in [0.717, 1.165) is 0 Å². The molecule has 0 aliphatic carbocycles. The van der Waals surface area contributed by atoms with E-state index >= 15 is 0 Å². The highest BCUT2D eigenvalue weighted by Gasteiger charge is 2.27. The molecule has 0 N–H and O–H groups in total. The minimum atomic E-state index is -4.24. The minimum absolute atomic E-state index is 0.0654. The van der Waals surface area contributed by atoms with E-state index in [1.165, 1.54) is 6.07 Å². The maximum atomic E-state index is 11.8. The molecule has 0 spiro atoms. The van der Waals surface area contributed by atoms with Crippen LogP contribution in [0.15, 0.2) is 22.7 Å². The second-order valence-electron chi connectivity index (χ2n) is 2.94. The highest BCUT2D eigenvalue weighted by molar-refractivity contribution is 9.10. The van der Waals surface area contributed by atoms with Crippen LogP contribution in [-0.2, 0) is 0 Å². The van der Waals surface area contributed by atoms with Gasteiger partial charge in [-0.25, -0.2) is 0 Å². The fourth-order valence-electron chi connectivity index (χ4n) is 1.02. The molecule has 17 heavy (non-hydrogen) atoms. The van der Waals surface area contributed by atoms with Crippen LogP contribution in [0, 0.1) is 0 Å². The Bertz CT molecular complexity index is 396. The molecule has 0 aromatic heterocycles. The van der Waals surface area contributed by atoms with Crippen molar-refractivity contribution in [2.75, 3.05) is 12.4 Å². The number of alkyl halides is 3. The van der Waals surface area contributed by atoms with Crippen molar-refractivity contribution < 1.29 is 22.7 Å². The third-order valence-electron chi connectivity index (χ3n) is 1.71. The largest absolute Gasteiger partial charge is 0.493 e. The molecule has 0 unspecified atom stereocenters. The van der Waals surface area contributed by atoms with Gasteiger partial charge >= 0.3 is 5.51 Å². The first kappa shape index (κ1) is 14.4. The summed E-state index contributed by atoms with van der Waals surface area (Å²) in [4.78, 5) is 10.6. The Labute approximate surface area is 109 Å². The molecular weight excluding hydrogens is 321 g/mol. The van der Waals surface area contributed by atoms with Crippen LogP contribution in [-0.4, -0.2) is 24.2 Å². The SMILES string of the molecule is O=Cc1cc(OCCSC(F)(F)F)ccc1Br. The second kappa shape index (κ2) is 6.30. The summed E-state index contributed by atoms with van der Waals surface area (Å²) in [7, 11) is 0. The molecule has 0 atom stereocenters. The van der Waals surface area contributed by atoms with Crippen molar-refractivity contribution in [3.63, 3.8) is 0 Å². The van der Waals surface area contributed by atoms with Gasteiger partial charge in [0.15, 0.2) is 6.29 Å². The summed E-state index contributed by atoms with van der Waals surface area (Å²) < 4.78 is 41.1. The lowest BCUT2D eigenvalue weighted by Crippen LogP contribution is -2.07. The standard InChI is InChI=1S/C10H8BrF3O2S/c11-9-2-1-8(5-7(9)6-15)16-3-4-17-10(12,13)14/h1-2,5-6H,3-4H2. The molecule has 0 heterocycles. The quantitative estimate of drug-likeness (QED) is 0.605. The van der Waals surface area contributed by atoms with E-state index < -0.39 is 5.51 Å². The average Bonchev–Trinajstić information content (AvgIpc) is 2.25. The van der Waals surface area contributed by atoms with E-state index in [4.69, 9.17) is 4.74 Å². The van der Waals surface area contributed by atoms with Gasteiger partial charge in [0.05, 0.1) is 6.61 Å². The molecule has 1 rings (SSSR count). The Balaban J connectivity index is 2.45. The third kappa shape index (κ3) is 5.45. The van der Waals surface area contributed by atoms with E-state index in [9.17, 15) is 18.0 Å². The Morgan fingerprint density at radius 1 is 1.41 bits per heavy atom. The maximum absolute atomic E-state index is 11.8. The van der Waals surface area contributed by atoms with Crippen molar-refractivity contribution in [3.05, 3.63) is 28.2 Å². The fourth-order valence-corrected chi connectivity index (χ4v) is 1.76. The van der Waals surface area contributed by atoms with Crippen molar-refractivity contribution in [1.29, 1.82) is 0 Å². The second-order valence-corrected chi connectivity index (χ2v) is 4.96. The zero-order valence-electron chi connectivity index (χ0n) is 8.46. The lowest BCUT2D eigenvalue weighted by molar-refractivity contribution is -0.0329. The highest BCUT2D eigenvalue weighted by atomic mass is 79.9. The number of hydrogen-bond acceptors (Lipinski definition) is 3. The summed E-state index contributed by atoms with van der Waals surface area (Å²) in [5.41, 5.74) is -3.84. The molecule has 7 heteroatoms. The highest BCUT2D eigenvalue weighted by Crippen LogP contribution is 2.30. The molecule has 0 aliphatic rings. The summed E-state index contributed by atoms with van der Waals surface area (Å²) >= 11 is 3.02. The number of carbonyl (C=O) groups excluding carboxylic acids is 1. The van der Waals surface area contributed by atoms with Gasteiger partial charge in [0, 0.05) is 15.8 Å². The number of aldehydes is 1. The molecule has 0 amide bonds. The van der Waals surface area contributed by atoms with Crippen LogP contribution in [0.1, 0.15) is 10.4 Å². The van der Waals surface area contributed by atoms with Gasteiger partial charge in [0.2, 0.25) is 0 Å². The molecule has 1 aromatic carbocycles. The topological polar surface area (TPSA) is 26.3 Å². The zero-order chi connectivity index (χ0) is 12.9. The van der Waals surface area contributed by atoms with Gasteiger partial charge in [0.25, 0.3) is 0 Å². The number of hydrogen-bond donors (Lipinski definition) is 0. The predicted octanol–water partition coefficient (Wildman–Crippen LogP) is 3.89. The number of benzene rings is 1. The van der Waals surface area contributed by atoms with Gasteiger partial charge in [-0.2, -0.15) is 13.2 Å². The number of carbonyl (C=O) groups is 1. The van der Waals surface area contributed by atoms with Crippen molar-refractivity contribution in [1.82, 2.24) is 0 Å². The molecule has 0 saturated carbocycles. The Kier molecular flexibility index (Phi) is 5.32. The Morgan fingerprint density at radius 3 is 2.71 bits per heavy atom. The van der Waals surface area contributed by atoms with Crippen LogP contribution in [0.25, 0.3) is 0 Å². The summed E-state index contributed by atoms with van der Waals surface area (Å²) in [6.45, 7) is -0.0654. The molecule has 2 nitrogen and oxygen atoms in total. The van der Waals surface area contributed by atoms with Crippen LogP contribution >= 0.6 is 27.7 Å². The zero-order valence-corrected chi connectivity index (χ0v) is 10.9. The Morgan fingerprint density at radius 2 is 2.12 bits per heavy atom. The minimum Gasteiger partial charge on any atom is -0.493 e. The van der Waals surface area contributed by atoms with Crippen molar-refractivity contribution >= 4 is 34.0 Å². The molecule has 0 radical (unpaired) electrons. The molecule has 94 valence electrons. The molecule has 1 aromatic rings. The van der Waals surface area contributed by atoms with Gasteiger partial charge in [-0.05, 0) is 30.0 Å². The lowest BCUT2D eigenvalue weighted by atomic mass is 10.2. The monoisotopic (exact) mass is 328 g/mol. The molecule has 0 saturated heterocycles. The van der Waals surface area contributed by atoms with Crippen molar-refractivity contribution in [2.45, 2.75) is 5.51 Å². The van der Waals surface area contributed by atoms with E-state index in [2.05, 4.69) is 15.9 Å². The predicted molar refractivity (Wildman–Crippen MR) is 63.5 cm³/mol. The van der Waals surface area contributed by atoms with E-state index in [-0.39, 0.29) is 24.1 Å². The van der Waals surface area contributed by atoms with Crippen LogP contribution in [0.3, 0.4) is 0 Å². The average molecular weight is 329 g/mol. The molecule has 0 fully saturated rings.